The van der Waals surface area contributed by atoms with E-state index >= 15 is 0 Å². The van der Waals surface area contributed by atoms with Gasteiger partial charge in [-0.25, -0.2) is 4.79 Å². The zero-order chi connectivity index (χ0) is 15.0. The highest BCUT2D eigenvalue weighted by atomic mass is 16.6. The smallest absolute Gasteiger partial charge is 0.410 e. The van der Waals surface area contributed by atoms with Crippen molar-refractivity contribution in [2.45, 2.75) is 52.1 Å². The number of likely N-dealkylation sites (tertiary alicyclic amines) is 1. The van der Waals surface area contributed by atoms with Crippen molar-refractivity contribution in [2.24, 2.45) is 5.41 Å². The first-order valence-corrected chi connectivity index (χ1v) is 7.04. The Balaban J connectivity index is 2.05. The number of amides is 3. The van der Waals surface area contributed by atoms with Crippen LogP contribution in [0.3, 0.4) is 0 Å². The van der Waals surface area contributed by atoms with Crippen molar-refractivity contribution < 1.29 is 19.1 Å². The number of ether oxygens (including phenoxy) is 1. The third kappa shape index (κ3) is 3.11. The van der Waals surface area contributed by atoms with Gasteiger partial charge in [-0.05, 0) is 40.0 Å². The summed E-state index contributed by atoms with van der Waals surface area (Å²) in [5.41, 5.74) is -1.17. The highest BCUT2D eigenvalue weighted by Gasteiger charge is 2.47. The van der Waals surface area contributed by atoms with Crippen molar-refractivity contribution in [3.05, 3.63) is 0 Å². The predicted octanol–water partition coefficient (Wildman–Crippen LogP) is 1.44. The summed E-state index contributed by atoms with van der Waals surface area (Å²) in [6.45, 7) is 6.27. The summed E-state index contributed by atoms with van der Waals surface area (Å²) in [6, 6.07) is 0. The number of imide groups is 1. The van der Waals surface area contributed by atoms with Gasteiger partial charge in [0.1, 0.15) is 5.60 Å². The molecule has 2 heterocycles. The molecule has 0 bridgehead atoms. The van der Waals surface area contributed by atoms with Crippen molar-refractivity contribution in [3.63, 3.8) is 0 Å². The minimum Gasteiger partial charge on any atom is -0.444 e. The number of hydrogen-bond donors (Lipinski definition) is 1. The molecule has 6 nitrogen and oxygen atoms in total. The Morgan fingerprint density at radius 3 is 2.65 bits per heavy atom. The van der Waals surface area contributed by atoms with Gasteiger partial charge in [0, 0.05) is 19.5 Å². The SMILES string of the molecule is CC(C)(C)OC(=O)N1CCC2(CCCC(=O)NC2=O)C1. The van der Waals surface area contributed by atoms with Gasteiger partial charge in [0.2, 0.25) is 11.8 Å². The Hall–Kier alpha value is -1.59. The van der Waals surface area contributed by atoms with E-state index in [0.29, 0.717) is 38.8 Å². The van der Waals surface area contributed by atoms with Crippen molar-refractivity contribution >= 4 is 17.9 Å². The molecule has 2 aliphatic rings. The second kappa shape index (κ2) is 5.07. The van der Waals surface area contributed by atoms with E-state index < -0.39 is 17.1 Å². The summed E-state index contributed by atoms with van der Waals surface area (Å²) in [5.74, 6) is -0.464. The lowest BCUT2D eigenvalue weighted by molar-refractivity contribution is -0.135. The summed E-state index contributed by atoms with van der Waals surface area (Å²) in [5, 5.41) is 2.43. The highest BCUT2D eigenvalue weighted by Crippen LogP contribution is 2.37. The molecule has 2 fully saturated rings. The quantitative estimate of drug-likeness (QED) is 0.682. The van der Waals surface area contributed by atoms with Gasteiger partial charge in [0.15, 0.2) is 0 Å². The van der Waals surface area contributed by atoms with Crippen LogP contribution in [0.2, 0.25) is 0 Å². The van der Waals surface area contributed by atoms with Crippen LogP contribution in [0.1, 0.15) is 46.5 Å². The molecule has 1 spiro atoms. The molecule has 20 heavy (non-hydrogen) atoms. The van der Waals surface area contributed by atoms with Gasteiger partial charge >= 0.3 is 6.09 Å². The maximum Gasteiger partial charge on any atom is 0.410 e. The van der Waals surface area contributed by atoms with Crippen LogP contribution in [0, 0.1) is 5.41 Å². The van der Waals surface area contributed by atoms with E-state index in [1.807, 2.05) is 20.8 Å². The molecule has 2 saturated heterocycles. The van der Waals surface area contributed by atoms with E-state index in [0.717, 1.165) is 0 Å². The van der Waals surface area contributed by atoms with E-state index in [-0.39, 0.29) is 11.8 Å². The van der Waals surface area contributed by atoms with E-state index in [9.17, 15) is 14.4 Å². The topological polar surface area (TPSA) is 75.7 Å². The Morgan fingerprint density at radius 2 is 2.00 bits per heavy atom. The molecule has 0 aromatic heterocycles. The first kappa shape index (κ1) is 14.8. The van der Waals surface area contributed by atoms with Gasteiger partial charge < -0.3 is 9.64 Å². The van der Waals surface area contributed by atoms with Gasteiger partial charge in [0.25, 0.3) is 0 Å². The van der Waals surface area contributed by atoms with Gasteiger partial charge in [-0.2, -0.15) is 0 Å². The van der Waals surface area contributed by atoms with Crippen molar-refractivity contribution in [1.29, 1.82) is 0 Å². The molecule has 0 aromatic carbocycles. The molecule has 3 amide bonds. The maximum atomic E-state index is 12.2. The molecule has 1 atom stereocenters. The average Bonchev–Trinajstić information content (AvgIpc) is 2.66. The Labute approximate surface area is 118 Å². The summed E-state index contributed by atoms with van der Waals surface area (Å²) >= 11 is 0. The molecular weight excluding hydrogens is 260 g/mol. The fourth-order valence-corrected chi connectivity index (χ4v) is 2.77. The molecule has 2 aliphatic heterocycles. The molecule has 0 aromatic rings. The van der Waals surface area contributed by atoms with E-state index in [1.54, 1.807) is 4.90 Å². The van der Waals surface area contributed by atoms with E-state index in [1.165, 1.54) is 0 Å². The van der Waals surface area contributed by atoms with Crippen LogP contribution in [0.25, 0.3) is 0 Å². The number of rotatable bonds is 0. The molecule has 1 N–H and O–H groups in total. The molecule has 1 unspecified atom stereocenters. The van der Waals surface area contributed by atoms with Crippen molar-refractivity contribution in [3.8, 4) is 0 Å². The molecule has 0 radical (unpaired) electrons. The first-order valence-electron chi connectivity index (χ1n) is 7.04. The van der Waals surface area contributed by atoms with Crippen LogP contribution in [0.15, 0.2) is 0 Å². The minimum atomic E-state index is -0.622. The zero-order valence-corrected chi connectivity index (χ0v) is 12.3. The number of carbonyl (C=O) groups excluding carboxylic acids is 3. The fraction of sp³-hybridized carbons (Fsp3) is 0.786. The normalized spacial score (nSPS) is 27.4. The summed E-state index contributed by atoms with van der Waals surface area (Å²) in [4.78, 5) is 37.2. The molecular formula is C14H22N2O4. The number of carbonyl (C=O) groups is 3. The Morgan fingerprint density at radius 1 is 1.30 bits per heavy atom. The highest BCUT2D eigenvalue weighted by molar-refractivity contribution is 5.99. The van der Waals surface area contributed by atoms with Gasteiger partial charge in [-0.3, -0.25) is 14.9 Å². The summed E-state index contributed by atoms with van der Waals surface area (Å²) in [7, 11) is 0. The average molecular weight is 282 g/mol. The predicted molar refractivity (Wildman–Crippen MR) is 71.9 cm³/mol. The van der Waals surface area contributed by atoms with E-state index in [2.05, 4.69) is 5.32 Å². The monoisotopic (exact) mass is 282 g/mol. The maximum absolute atomic E-state index is 12.2. The van der Waals surface area contributed by atoms with Crippen LogP contribution < -0.4 is 5.32 Å². The van der Waals surface area contributed by atoms with Gasteiger partial charge in [-0.1, -0.05) is 0 Å². The minimum absolute atomic E-state index is 0.220. The van der Waals surface area contributed by atoms with Crippen LogP contribution in [-0.2, 0) is 14.3 Å². The molecule has 0 saturated carbocycles. The zero-order valence-electron chi connectivity index (χ0n) is 12.3. The van der Waals surface area contributed by atoms with Crippen LogP contribution in [-0.4, -0.2) is 41.5 Å². The standard InChI is InChI=1S/C14H22N2O4/c1-13(2,3)20-12(19)16-8-7-14(9-16)6-4-5-10(17)15-11(14)18/h4-9H2,1-3H3,(H,15,17,18). The van der Waals surface area contributed by atoms with Gasteiger partial charge in [0.05, 0.1) is 5.41 Å². The molecule has 0 aliphatic carbocycles. The second-order valence-electron chi connectivity index (χ2n) is 6.66. The molecule has 2 rings (SSSR count). The van der Waals surface area contributed by atoms with Crippen LogP contribution in [0.4, 0.5) is 4.79 Å². The van der Waals surface area contributed by atoms with Crippen molar-refractivity contribution in [2.75, 3.05) is 13.1 Å². The molecule has 112 valence electrons. The summed E-state index contributed by atoms with van der Waals surface area (Å²) in [6.07, 6.45) is 1.90. The number of hydrogen-bond acceptors (Lipinski definition) is 4. The first-order chi connectivity index (χ1) is 9.22. The Bertz CT molecular complexity index is 441. The van der Waals surface area contributed by atoms with Crippen molar-refractivity contribution in [1.82, 2.24) is 10.2 Å². The molecule has 6 heteroatoms. The third-order valence-corrected chi connectivity index (χ3v) is 3.80. The number of nitrogens with one attached hydrogen (secondary N) is 1. The van der Waals surface area contributed by atoms with Crippen LogP contribution in [0.5, 0.6) is 0 Å². The van der Waals surface area contributed by atoms with E-state index in [4.69, 9.17) is 4.74 Å². The lowest BCUT2D eigenvalue weighted by Crippen LogP contribution is -2.44. The third-order valence-electron chi connectivity index (χ3n) is 3.80. The van der Waals surface area contributed by atoms with Gasteiger partial charge in [-0.15, -0.1) is 0 Å². The number of nitrogens with zero attached hydrogens (tertiary/aromatic N) is 1. The Kier molecular flexibility index (Phi) is 3.75. The largest absolute Gasteiger partial charge is 0.444 e. The second-order valence-corrected chi connectivity index (χ2v) is 6.66. The lowest BCUT2D eigenvalue weighted by atomic mass is 9.82. The lowest BCUT2D eigenvalue weighted by Gasteiger charge is -2.27. The van der Waals surface area contributed by atoms with Crippen LogP contribution >= 0.6 is 0 Å². The fourth-order valence-electron chi connectivity index (χ4n) is 2.77. The summed E-state index contributed by atoms with van der Waals surface area (Å²) < 4.78 is 5.33.